The molecule has 0 bridgehead atoms. The summed E-state index contributed by atoms with van der Waals surface area (Å²) in [5, 5.41) is 11.8. The van der Waals surface area contributed by atoms with E-state index in [9.17, 15) is 14.4 Å². The van der Waals surface area contributed by atoms with E-state index in [0.717, 1.165) is 21.2 Å². The molecule has 3 heterocycles. The van der Waals surface area contributed by atoms with E-state index in [2.05, 4.69) is 10.4 Å². The zero-order chi connectivity index (χ0) is 16.2. The van der Waals surface area contributed by atoms with Crippen molar-refractivity contribution < 1.29 is 14.4 Å². The van der Waals surface area contributed by atoms with Gasteiger partial charge in [-0.05, 0) is 22.9 Å². The topological polar surface area (TPSA) is 82.1 Å². The van der Waals surface area contributed by atoms with Crippen LogP contribution in [0.25, 0.3) is 0 Å². The number of thiophene rings is 1. The first-order valence-electron chi connectivity index (χ1n) is 6.93. The molecule has 1 saturated heterocycles. The molecule has 2 aliphatic heterocycles. The molecule has 0 saturated carbocycles. The Bertz CT molecular complexity index is 672. The first-order chi connectivity index (χ1) is 11.2. The molecule has 120 valence electrons. The maximum absolute atomic E-state index is 12.3. The highest BCUT2D eigenvalue weighted by molar-refractivity contribution is 8.03. The number of urea groups is 2. The lowest BCUT2D eigenvalue weighted by molar-refractivity contribution is -0.109. The van der Waals surface area contributed by atoms with Gasteiger partial charge in [0.15, 0.2) is 0 Å². The van der Waals surface area contributed by atoms with E-state index in [1.54, 1.807) is 23.9 Å². The predicted octanol–water partition coefficient (Wildman–Crippen LogP) is 2.05. The lowest BCUT2D eigenvalue weighted by atomic mass is 10.3. The van der Waals surface area contributed by atoms with E-state index in [-0.39, 0.29) is 6.54 Å². The van der Waals surface area contributed by atoms with Crippen LogP contribution in [0.5, 0.6) is 0 Å². The van der Waals surface area contributed by atoms with Crippen LogP contribution >= 0.6 is 23.1 Å². The minimum absolute atomic E-state index is 0.244. The fourth-order valence-electron chi connectivity index (χ4n) is 2.18. The van der Waals surface area contributed by atoms with Gasteiger partial charge in [0.05, 0.1) is 18.8 Å². The average molecular weight is 350 g/mol. The summed E-state index contributed by atoms with van der Waals surface area (Å²) in [7, 11) is 0. The Hall–Kier alpha value is -2.13. The Morgan fingerprint density at radius 1 is 1.43 bits per heavy atom. The van der Waals surface area contributed by atoms with Gasteiger partial charge in [-0.15, -0.1) is 23.1 Å². The van der Waals surface area contributed by atoms with E-state index in [4.69, 9.17) is 0 Å². The SMILES string of the molecule is O=CC(NC(=O)N1CCN(N=C2C=CSC2)C1=O)c1cccs1. The monoisotopic (exact) mass is 350 g/mol. The molecule has 7 nitrogen and oxygen atoms in total. The highest BCUT2D eigenvalue weighted by Gasteiger charge is 2.34. The Morgan fingerprint density at radius 2 is 2.30 bits per heavy atom. The van der Waals surface area contributed by atoms with Crippen LogP contribution in [0.4, 0.5) is 9.59 Å². The molecule has 9 heteroatoms. The number of allylic oxidation sites excluding steroid dienone is 1. The van der Waals surface area contributed by atoms with Crippen molar-refractivity contribution in [2.75, 3.05) is 18.8 Å². The van der Waals surface area contributed by atoms with E-state index in [0.29, 0.717) is 12.8 Å². The van der Waals surface area contributed by atoms with Crippen LogP contribution in [0.2, 0.25) is 0 Å². The molecule has 0 spiro atoms. The summed E-state index contributed by atoms with van der Waals surface area (Å²) in [5.41, 5.74) is 0.801. The van der Waals surface area contributed by atoms with E-state index < -0.39 is 18.1 Å². The first kappa shape index (κ1) is 15.8. The predicted molar refractivity (Wildman–Crippen MR) is 89.5 cm³/mol. The molecule has 23 heavy (non-hydrogen) atoms. The van der Waals surface area contributed by atoms with Crippen molar-refractivity contribution in [3.05, 3.63) is 33.9 Å². The van der Waals surface area contributed by atoms with Crippen molar-refractivity contribution >= 4 is 47.2 Å². The van der Waals surface area contributed by atoms with Crippen molar-refractivity contribution in [1.29, 1.82) is 0 Å². The third kappa shape index (κ3) is 3.45. The highest BCUT2D eigenvalue weighted by Crippen LogP contribution is 2.19. The number of amides is 4. The molecule has 0 aromatic carbocycles. The molecule has 0 aliphatic carbocycles. The van der Waals surface area contributed by atoms with Gasteiger partial charge in [-0.1, -0.05) is 6.07 Å². The molecule has 0 radical (unpaired) electrons. The molecule has 1 aromatic rings. The van der Waals surface area contributed by atoms with E-state index >= 15 is 0 Å². The minimum atomic E-state index is -0.746. The van der Waals surface area contributed by atoms with E-state index in [1.165, 1.54) is 16.3 Å². The summed E-state index contributed by atoms with van der Waals surface area (Å²) >= 11 is 2.98. The smallest absolute Gasteiger partial charge is 0.323 e. The van der Waals surface area contributed by atoms with Crippen LogP contribution in [0, 0.1) is 0 Å². The average Bonchev–Trinajstić information content (AvgIpc) is 3.28. The lowest BCUT2D eigenvalue weighted by Gasteiger charge is -2.17. The number of nitrogens with one attached hydrogen (secondary N) is 1. The van der Waals surface area contributed by atoms with Crippen LogP contribution in [-0.2, 0) is 4.79 Å². The lowest BCUT2D eigenvalue weighted by Crippen LogP contribution is -2.43. The third-order valence-corrected chi connectivity index (χ3v) is 5.08. The highest BCUT2D eigenvalue weighted by atomic mass is 32.2. The summed E-state index contributed by atoms with van der Waals surface area (Å²) in [6.07, 6.45) is 2.50. The van der Waals surface area contributed by atoms with Gasteiger partial charge in [-0.3, -0.25) is 0 Å². The maximum atomic E-state index is 12.3. The van der Waals surface area contributed by atoms with Crippen LogP contribution in [-0.4, -0.2) is 52.8 Å². The number of aldehydes is 1. The molecule has 1 unspecified atom stereocenters. The quantitative estimate of drug-likeness (QED) is 0.843. The largest absolute Gasteiger partial charge is 0.348 e. The van der Waals surface area contributed by atoms with Crippen LogP contribution in [0.3, 0.4) is 0 Å². The van der Waals surface area contributed by atoms with Gasteiger partial charge in [0, 0.05) is 10.6 Å². The first-order valence-corrected chi connectivity index (χ1v) is 8.86. The minimum Gasteiger partial charge on any atom is -0.323 e. The zero-order valence-corrected chi connectivity index (χ0v) is 13.7. The van der Waals surface area contributed by atoms with Gasteiger partial charge in [-0.2, -0.15) is 5.10 Å². The van der Waals surface area contributed by atoms with Gasteiger partial charge >= 0.3 is 12.1 Å². The second-order valence-corrected chi connectivity index (χ2v) is 6.71. The number of rotatable bonds is 4. The molecule has 1 aromatic heterocycles. The standard InChI is InChI=1S/C14H14N4O3S2/c19-8-11(12-2-1-6-23-12)15-13(20)17-4-5-18(14(17)21)16-10-3-7-22-9-10/h1-3,6-8,11H,4-5,9H2,(H,15,20). The van der Waals surface area contributed by atoms with Crippen LogP contribution in [0.15, 0.2) is 34.1 Å². The van der Waals surface area contributed by atoms with Crippen molar-refractivity contribution in [3.63, 3.8) is 0 Å². The molecule has 2 aliphatic rings. The maximum Gasteiger partial charge on any atom is 0.348 e. The Labute approximate surface area is 141 Å². The van der Waals surface area contributed by atoms with Crippen LogP contribution in [0.1, 0.15) is 10.9 Å². The summed E-state index contributed by atoms with van der Waals surface area (Å²) in [6.45, 7) is 0.591. The van der Waals surface area contributed by atoms with Gasteiger partial charge < -0.3 is 10.1 Å². The summed E-state index contributed by atoms with van der Waals surface area (Å²) < 4.78 is 0. The Balaban J connectivity index is 1.64. The van der Waals surface area contributed by atoms with E-state index in [1.807, 2.05) is 16.9 Å². The second kappa shape index (κ2) is 6.97. The fourth-order valence-corrected chi connectivity index (χ4v) is 3.59. The molecule has 4 amide bonds. The zero-order valence-electron chi connectivity index (χ0n) is 12.0. The summed E-state index contributed by atoms with van der Waals surface area (Å²) in [6, 6.07) is 1.76. The van der Waals surface area contributed by atoms with Gasteiger partial charge in [0.1, 0.15) is 12.3 Å². The molecule has 1 fully saturated rings. The second-order valence-electron chi connectivity index (χ2n) is 4.84. The Kier molecular flexibility index (Phi) is 4.77. The van der Waals surface area contributed by atoms with Gasteiger partial charge in [-0.25, -0.2) is 19.5 Å². The molecular weight excluding hydrogens is 336 g/mol. The number of nitrogens with zero attached hydrogens (tertiary/aromatic N) is 3. The van der Waals surface area contributed by atoms with Gasteiger partial charge in [0.25, 0.3) is 0 Å². The Morgan fingerprint density at radius 3 is 2.96 bits per heavy atom. The summed E-state index contributed by atoms with van der Waals surface area (Å²) in [5.74, 6) is 0.724. The van der Waals surface area contributed by atoms with Gasteiger partial charge in [0.2, 0.25) is 0 Å². The number of carbonyl (C=O) groups is 3. The van der Waals surface area contributed by atoms with Crippen molar-refractivity contribution in [3.8, 4) is 0 Å². The number of carbonyl (C=O) groups excluding carboxylic acids is 3. The molecular formula is C14H14N4O3S2. The third-order valence-electron chi connectivity index (χ3n) is 3.33. The number of hydrogen-bond donors (Lipinski definition) is 1. The molecule has 3 rings (SSSR count). The molecule has 1 N–H and O–H groups in total. The fraction of sp³-hybridized carbons (Fsp3) is 0.286. The van der Waals surface area contributed by atoms with Crippen molar-refractivity contribution in [2.24, 2.45) is 5.10 Å². The molecule has 1 atom stereocenters. The number of hydrazone groups is 1. The normalized spacial score (nSPS) is 20.3. The number of thioether (sulfide) groups is 1. The number of imide groups is 1. The number of hydrogen-bond acceptors (Lipinski definition) is 6. The van der Waals surface area contributed by atoms with Crippen molar-refractivity contribution in [1.82, 2.24) is 15.2 Å². The van der Waals surface area contributed by atoms with Crippen LogP contribution < -0.4 is 5.32 Å². The van der Waals surface area contributed by atoms with Crippen molar-refractivity contribution in [2.45, 2.75) is 6.04 Å². The summed E-state index contributed by atoms with van der Waals surface area (Å²) in [4.78, 5) is 37.5.